The lowest BCUT2D eigenvalue weighted by atomic mass is 10.2. The van der Waals surface area contributed by atoms with Crippen molar-refractivity contribution in [2.45, 2.75) is 13.8 Å². The first-order valence-corrected chi connectivity index (χ1v) is 7.15. The molecule has 1 aliphatic heterocycles. The second-order valence-electron chi connectivity index (χ2n) is 4.98. The lowest BCUT2D eigenvalue weighted by Gasteiger charge is -2.26. The van der Waals surface area contributed by atoms with E-state index in [-0.39, 0.29) is 5.91 Å². The maximum absolute atomic E-state index is 12.0. The van der Waals surface area contributed by atoms with E-state index < -0.39 is 0 Å². The highest BCUT2D eigenvalue weighted by Crippen LogP contribution is 2.21. The van der Waals surface area contributed by atoms with Crippen LogP contribution in [0.25, 0.3) is 0 Å². The largest absolute Gasteiger partial charge is 0.494 e. The van der Waals surface area contributed by atoms with Crippen LogP contribution in [0.5, 0.6) is 5.75 Å². The highest BCUT2D eigenvalue weighted by atomic mass is 16.5. The maximum atomic E-state index is 12.0. The molecule has 1 saturated heterocycles. The Labute approximate surface area is 120 Å². The van der Waals surface area contributed by atoms with Crippen LogP contribution in [0.2, 0.25) is 0 Å². The van der Waals surface area contributed by atoms with Crippen molar-refractivity contribution in [2.24, 2.45) is 0 Å². The molecule has 2 rings (SSSR count). The van der Waals surface area contributed by atoms with Crippen LogP contribution in [0.4, 0.5) is 5.69 Å². The Morgan fingerprint density at radius 2 is 2.15 bits per heavy atom. The molecular formula is C15H23N3O2. The molecule has 0 bridgehead atoms. The van der Waals surface area contributed by atoms with Gasteiger partial charge in [-0.1, -0.05) is 0 Å². The van der Waals surface area contributed by atoms with Gasteiger partial charge in [-0.15, -0.1) is 0 Å². The van der Waals surface area contributed by atoms with Gasteiger partial charge in [-0.25, -0.2) is 0 Å². The summed E-state index contributed by atoms with van der Waals surface area (Å²) in [6, 6.07) is 5.73. The van der Waals surface area contributed by atoms with Crippen molar-refractivity contribution in [1.82, 2.24) is 10.2 Å². The van der Waals surface area contributed by atoms with Crippen molar-refractivity contribution in [2.75, 3.05) is 44.6 Å². The molecule has 1 aliphatic rings. The molecule has 0 aromatic heterocycles. The number of hydrogen-bond acceptors (Lipinski definition) is 4. The third-order valence-electron chi connectivity index (χ3n) is 3.36. The smallest absolute Gasteiger partial charge is 0.238 e. The monoisotopic (exact) mass is 277 g/mol. The van der Waals surface area contributed by atoms with Crippen LogP contribution in [0, 0.1) is 6.92 Å². The molecule has 1 aromatic rings. The zero-order chi connectivity index (χ0) is 14.4. The molecule has 20 heavy (non-hydrogen) atoms. The van der Waals surface area contributed by atoms with E-state index in [1.54, 1.807) is 0 Å². The Balaban J connectivity index is 1.90. The topological polar surface area (TPSA) is 53.6 Å². The van der Waals surface area contributed by atoms with E-state index in [9.17, 15) is 4.79 Å². The van der Waals surface area contributed by atoms with E-state index in [1.165, 1.54) is 0 Å². The van der Waals surface area contributed by atoms with Crippen molar-refractivity contribution in [3.63, 3.8) is 0 Å². The molecule has 2 N–H and O–H groups in total. The number of anilines is 1. The predicted molar refractivity (Wildman–Crippen MR) is 80.3 cm³/mol. The van der Waals surface area contributed by atoms with Gasteiger partial charge in [0.05, 0.1) is 13.2 Å². The van der Waals surface area contributed by atoms with Crippen LogP contribution in [-0.2, 0) is 4.79 Å². The average molecular weight is 277 g/mol. The molecule has 0 unspecified atom stereocenters. The van der Waals surface area contributed by atoms with Gasteiger partial charge in [0.2, 0.25) is 5.91 Å². The van der Waals surface area contributed by atoms with Gasteiger partial charge in [0.1, 0.15) is 5.75 Å². The summed E-state index contributed by atoms with van der Waals surface area (Å²) < 4.78 is 5.44. The fraction of sp³-hybridized carbons (Fsp3) is 0.533. The van der Waals surface area contributed by atoms with Crippen LogP contribution in [0.1, 0.15) is 12.5 Å². The number of hydrogen-bond donors (Lipinski definition) is 2. The number of nitrogens with zero attached hydrogens (tertiary/aromatic N) is 1. The quantitative estimate of drug-likeness (QED) is 0.850. The molecule has 0 aliphatic carbocycles. The van der Waals surface area contributed by atoms with Gasteiger partial charge in [-0.2, -0.15) is 0 Å². The summed E-state index contributed by atoms with van der Waals surface area (Å²) in [4.78, 5) is 14.2. The molecule has 5 nitrogen and oxygen atoms in total. The van der Waals surface area contributed by atoms with E-state index in [2.05, 4.69) is 15.5 Å². The van der Waals surface area contributed by atoms with Crippen LogP contribution < -0.4 is 15.4 Å². The number of ether oxygens (including phenoxy) is 1. The number of carbonyl (C=O) groups is 1. The first-order chi connectivity index (χ1) is 9.69. The summed E-state index contributed by atoms with van der Waals surface area (Å²) in [5, 5.41) is 6.25. The Morgan fingerprint density at radius 1 is 1.40 bits per heavy atom. The van der Waals surface area contributed by atoms with Gasteiger partial charge in [0.25, 0.3) is 0 Å². The minimum atomic E-state index is 0.0409. The number of nitrogens with one attached hydrogen (secondary N) is 2. The van der Waals surface area contributed by atoms with Gasteiger partial charge >= 0.3 is 0 Å². The standard InChI is InChI=1S/C15H23N3O2/c1-3-20-13-4-5-14(12(2)10-13)17-15(19)11-18-8-6-16-7-9-18/h4-5,10,16H,3,6-9,11H2,1-2H3,(H,17,19). The molecule has 1 amide bonds. The summed E-state index contributed by atoms with van der Waals surface area (Å²) in [5.41, 5.74) is 1.87. The van der Waals surface area contributed by atoms with Crippen LogP contribution in [0.3, 0.4) is 0 Å². The van der Waals surface area contributed by atoms with Crippen molar-refractivity contribution < 1.29 is 9.53 Å². The van der Waals surface area contributed by atoms with Gasteiger partial charge in [-0.3, -0.25) is 9.69 Å². The molecule has 0 spiro atoms. The van der Waals surface area contributed by atoms with Crippen LogP contribution in [-0.4, -0.2) is 50.1 Å². The lowest BCUT2D eigenvalue weighted by molar-refractivity contribution is -0.117. The molecule has 1 heterocycles. The third kappa shape index (κ3) is 4.21. The van der Waals surface area contributed by atoms with Crippen molar-refractivity contribution >= 4 is 11.6 Å². The Morgan fingerprint density at radius 3 is 2.80 bits per heavy atom. The van der Waals surface area contributed by atoms with E-state index in [4.69, 9.17) is 4.74 Å². The van der Waals surface area contributed by atoms with Crippen LogP contribution >= 0.6 is 0 Å². The molecule has 0 atom stereocenters. The predicted octanol–water partition coefficient (Wildman–Crippen LogP) is 1.24. The Bertz CT molecular complexity index is 456. The summed E-state index contributed by atoms with van der Waals surface area (Å²) >= 11 is 0. The minimum Gasteiger partial charge on any atom is -0.494 e. The second-order valence-corrected chi connectivity index (χ2v) is 4.98. The van der Waals surface area contributed by atoms with Crippen molar-refractivity contribution in [3.8, 4) is 5.75 Å². The van der Waals surface area contributed by atoms with E-state index >= 15 is 0 Å². The Kier molecular flexibility index (Phi) is 5.38. The molecule has 1 fully saturated rings. The van der Waals surface area contributed by atoms with E-state index in [0.29, 0.717) is 13.2 Å². The minimum absolute atomic E-state index is 0.0409. The number of aryl methyl sites for hydroxylation is 1. The SMILES string of the molecule is CCOc1ccc(NC(=O)CN2CCNCC2)c(C)c1. The van der Waals surface area contributed by atoms with Gasteiger partial charge in [-0.05, 0) is 37.6 Å². The molecule has 5 heteroatoms. The first kappa shape index (κ1) is 14.8. The van der Waals surface area contributed by atoms with Crippen LogP contribution in [0.15, 0.2) is 18.2 Å². The molecular weight excluding hydrogens is 254 g/mol. The second kappa shape index (κ2) is 7.26. The molecule has 0 saturated carbocycles. The number of piperazine rings is 1. The Hall–Kier alpha value is -1.59. The number of benzene rings is 1. The zero-order valence-electron chi connectivity index (χ0n) is 12.2. The summed E-state index contributed by atoms with van der Waals surface area (Å²) in [6.07, 6.45) is 0. The summed E-state index contributed by atoms with van der Waals surface area (Å²) in [6.45, 7) is 8.79. The fourth-order valence-electron chi connectivity index (χ4n) is 2.29. The first-order valence-electron chi connectivity index (χ1n) is 7.15. The molecule has 1 aromatic carbocycles. The van der Waals surface area contributed by atoms with E-state index in [1.807, 2.05) is 32.0 Å². The van der Waals surface area contributed by atoms with Crippen molar-refractivity contribution in [3.05, 3.63) is 23.8 Å². The maximum Gasteiger partial charge on any atom is 0.238 e. The normalized spacial score (nSPS) is 15.9. The van der Waals surface area contributed by atoms with Gasteiger partial charge in [0, 0.05) is 31.9 Å². The average Bonchev–Trinajstić information content (AvgIpc) is 2.43. The number of carbonyl (C=O) groups excluding carboxylic acids is 1. The molecule has 110 valence electrons. The zero-order valence-corrected chi connectivity index (χ0v) is 12.2. The summed E-state index contributed by atoms with van der Waals surface area (Å²) in [5.74, 6) is 0.879. The summed E-state index contributed by atoms with van der Waals surface area (Å²) in [7, 11) is 0. The third-order valence-corrected chi connectivity index (χ3v) is 3.36. The van der Waals surface area contributed by atoms with Gasteiger partial charge < -0.3 is 15.4 Å². The van der Waals surface area contributed by atoms with Gasteiger partial charge in [0.15, 0.2) is 0 Å². The molecule has 0 radical (unpaired) electrons. The lowest BCUT2D eigenvalue weighted by Crippen LogP contribution is -2.46. The fourth-order valence-corrected chi connectivity index (χ4v) is 2.29. The number of rotatable bonds is 5. The van der Waals surface area contributed by atoms with E-state index in [0.717, 1.165) is 43.2 Å². The highest BCUT2D eigenvalue weighted by molar-refractivity contribution is 5.93. The number of amides is 1. The van der Waals surface area contributed by atoms with Crippen molar-refractivity contribution in [1.29, 1.82) is 0 Å². The highest BCUT2D eigenvalue weighted by Gasteiger charge is 2.14.